The van der Waals surface area contributed by atoms with E-state index in [2.05, 4.69) is 28.8 Å². The molecule has 0 spiro atoms. The Hall–Kier alpha value is -2.74. The van der Waals surface area contributed by atoms with Crippen LogP contribution in [0.2, 0.25) is 5.15 Å². The highest BCUT2D eigenvalue weighted by atomic mass is 35.5. The average Bonchev–Trinajstić information content (AvgIpc) is 3.05. The maximum absolute atomic E-state index is 6.41. The third kappa shape index (κ3) is 3.40. The molecule has 0 aliphatic rings. The molecule has 3 rings (SSSR count). The third-order valence-electron chi connectivity index (χ3n) is 4.84. The Bertz CT molecular complexity index is 1010. The van der Waals surface area contributed by atoms with E-state index in [-0.39, 0.29) is 11.9 Å². The van der Waals surface area contributed by atoms with Crippen LogP contribution in [0.1, 0.15) is 37.4 Å². The Labute approximate surface area is 168 Å². The van der Waals surface area contributed by atoms with E-state index in [4.69, 9.17) is 31.5 Å². The Morgan fingerprint density at radius 1 is 1.14 bits per heavy atom. The molecule has 9 heteroatoms. The van der Waals surface area contributed by atoms with Crippen LogP contribution in [0.5, 0.6) is 17.2 Å². The van der Waals surface area contributed by atoms with Gasteiger partial charge in [0.15, 0.2) is 11.5 Å². The van der Waals surface area contributed by atoms with Crippen molar-refractivity contribution in [2.75, 3.05) is 27.1 Å². The van der Waals surface area contributed by atoms with Crippen LogP contribution in [-0.4, -0.2) is 40.8 Å². The summed E-state index contributed by atoms with van der Waals surface area (Å²) in [5, 5.41) is 1.16. The van der Waals surface area contributed by atoms with Crippen LogP contribution in [0.25, 0.3) is 11.0 Å². The number of pyridine rings is 1. The molecule has 1 unspecified atom stereocenters. The van der Waals surface area contributed by atoms with E-state index >= 15 is 0 Å². The number of ether oxygens (including phenoxy) is 3. The molecular weight excluding hydrogens is 382 g/mol. The van der Waals surface area contributed by atoms with Crippen LogP contribution >= 0.6 is 11.6 Å². The molecule has 0 amide bonds. The molecule has 1 atom stereocenters. The fraction of sp³-hybridized carbons (Fsp3) is 0.421. The largest absolute Gasteiger partial charge is 0.491 e. The average molecular weight is 406 g/mol. The molecule has 3 heterocycles. The molecule has 0 bridgehead atoms. The number of methoxy groups -OCH3 is 3. The van der Waals surface area contributed by atoms with Gasteiger partial charge in [0.1, 0.15) is 16.5 Å². The van der Waals surface area contributed by atoms with E-state index in [0.717, 1.165) is 17.4 Å². The highest BCUT2D eigenvalue weighted by Crippen LogP contribution is 2.39. The number of aromatic nitrogens is 4. The van der Waals surface area contributed by atoms with Crippen LogP contribution in [0.3, 0.4) is 0 Å². The van der Waals surface area contributed by atoms with Crippen LogP contribution in [0.4, 0.5) is 5.95 Å². The summed E-state index contributed by atoms with van der Waals surface area (Å²) in [4.78, 5) is 13.0. The molecule has 2 N–H and O–H groups in total. The van der Waals surface area contributed by atoms with Gasteiger partial charge < -0.3 is 24.5 Å². The number of hydrogen-bond acceptors (Lipinski definition) is 7. The van der Waals surface area contributed by atoms with Crippen molar-refractivity contribution in [1.82, 2.24) is 19.5 Å². The van der Waals surface area contributed by atoms with Gasteiger partial charge in [0.05, 0.1) is 39.5 Å². The fourth-order valence-electron chi connectivity index (χ4n) is 3.22. The Balaban J connectivity index is 2.18. The van der Waals surface area contributed by atoms with Crippen molar-refractivity contribution in [2.45, 2.75) is 32.7 Å². The van der Waals surface area contributed by atoms with Gasteiger partial charge in [0.25, 0.3) is 0 Å². The number of nitrogen functional groups attached to an aromatic ring is 1. The lowest BCUT2D eigenvalue weighted by atomic mass is 10.00. The quantitative estimate of drug-likeness (QED) is 0.599. The summed E-state index contributed by atoms with van der Waals surface area (Å²) in [6.45, 7) is 4.66. The highest BCUT2D eigenvalue weighted by molar-refractivity contribution is 6.34. The number of hydrogen-bond donors (Lipinski definition) is 1. The van der Waals surface area contributed by atoms with Crippen molar-refractivity contribution in [2.24, 2.45) is 0 Å². The molecule has 0 saturated heterocycles. The lowest BCUT2D eigenvalue weighted by Crippen LogP contribution is -2.07. The van der Waals surface area contributed by atoms with Crippen molar-refractivity contribution < 1.29 is 14.2 Å². The lowest BCUT2D eigenvalue weighted by molar-refractivity contribution is 0.318. The fourth-order valence-corrected chi connectivity index (χ4v) is 3.50. The summed E-state index contributed by atoms with van der Waals surface area (Å²) in [6.07, 6.45) is 4.59. The predicted molar refractivity (Wildman–Crippen MR) is 109 cm³/mol. The van der Waals surface area contributed by atoms with Gasteiger partial charge in [0.2, 0.25) is 11.7 Å². The van der Waals surface area contributed by atoms with E-state index in [0.29, 0.717) is 40.3 Å². The number of fused-ring (bicyclic) bond motifs is 1. The van der Waals surface area contributed by atoms with Gasteiger partial charge >= 0.3 is 0 Å². The van der Waals surface area contributed by atoms with E-state index in [1.54, 1.807) is 27.5 Å². The SMILES string of the molecule is CCC(C)c1cn(Cc2ncc(OC)c(OC)c2OC)c2nc(N)nc(Cl)c12. The highest BCUT2D eigenvalue weighted by Gasteiger charge is 2.22. The summed E-state index contributed by atoms with van der Waals surface area (Å²) in [5.74, 6) is 1.89. The summed E-state index contributed by atoms with van der Waals surface area (Å²) in [7, 11) is 4.68. The number of anilines is 1. The molecule has 0 aliphatic carbocycles. The van der Waals surface area contributed by atoms with Crippen LogP contribution < -0.4 is 19.9 Å². The molecule has 3 aromatic rings. The monoisotopic (exact) mass is 405 g/mol. The van der Waals surface area contributed by atoms with E-state index < -0.39 is 0 Å². The number of rotatable bonds is 7. The minimum atomic E-state index is 0.125. The summed E-state index contributed by atoms with van der Waals surface area (Å²) in [5.41, 5.74) is 8.25. The van der Waals surface area contributed by atoms with Crippen molar-refractivity contribution in [3.63, 3.8) is 0 Å². The molecule has 150 valence electrons. The first-order valence-corrected chi connectivity index (χ1v) is 9.28. The summed E-state index contributed by atoms with van der Waals surface area (Å²) in [6, 6.07) is 0. The van der Waals surface area contributed by atoms with Gasteiger partial charge in [-0.3, -0.25) is 4.98 Å². The Morgan fingerprint density at radius 3 is 2.46 bits per heavy atom. The lowest BCUT2D eigenvalue weighted by Gasteiger charge is -2.15. The molecule has 0 aliphatic heterocycles. The summed E-state index contributed by atoms with van der Waals surface area (Å²) >= 11 is 6.41. The number of halogens is 1. The van der Waals surface area contributed by atoms with Crippen LogP contribution in [0.15, 0.2) is 12.4 Å². The predicted octanol–water partition coefficient (Wildman–Crippen LogP) is 3.65. The second-order valence-corrected chi connectivity index (χ2v) is 6.79. The zero-order valence-corrected chi connectivity index (χ0v) is 17.4. The van der Waals surface area contributed by atoms with E-state index in [1.165, 1.54) is 0 Å². The summed E-state index contributed by atoms with van der Waals surface area (Å²) < 4.78 is 18.3. The van der Waals surface area contributed by atoms with Crippen molar-refractivity contribution >= 4 is 28.6 Å². The first-order chi connectivity index (χ1) is 13.4. The topological polar surface area (TPSA) is 97.3 Å². The molecule has 0 aromatic carbocycles. The van der Waals surface area contributed by atoms with Crippen molar-refractivity contribution in [3.05, 3.63) is 28.8 Å². The third-order valence-corrected chi connectivity index (χ3v) is 5.11. The van der Waals surface area contributed by atoms with Crippen LogP contribution in [-0.2, 0) is 6.54 Å². The Morgan fingerprint density at radius 2 is 1.86 bits per heavy atom. The zero-order chi connectivity index (χ0) is 20.4. The Kier molecular flexibility index (Phi) is 5.79. The zero-order valence-electron chi connectivity index (χ0n) is 16.6. The number of nitrogens with zero attached hydrogens (tertiary/aromatic N) is 4. The molecule has 28 heavy (non-hydrogen) atoms. The van der Waals surface area contributed by atoms with Gasteiger partial charge in [-0.25, -0.2) is 4.98 Å². The maximum atomic E-state index is 6.41. The molecule has 0 radical (unpaired) electrons. The van der Waals surface area contributed by atoms with Gasteiger partial charge in [-0.1, -0.05) is 25.4 Å². The maximum Gasteiger partial charge on any atom is 0.223 e. The molecular formula is C19H24ClN5O3. The van der Waals surface area contributed by atoms with Gasteiger partial charge in [-0.2, -0.15) is 4.98 Å². The normalized spacial score (nSPS) is 12.2. The standard InChI is InChI=1S/C19H24ClN5O3/c1-6-10(2)11-8-25(18-14(11)17(20)23-19(21)24-18)9-12-15(27-4)16(28-5)13(26-3)7-22-12/h7-8,10H,6,9H2,1-5H3,(H2,21,23,24). The number of nitrogens with two attached hydrogens (primary N) is 1. The smallest absolute Gasteiger partial charge is 0.223 e. The van der Waals surface area contributed by atoms with E-state index in [1.807, 2.05) is 10.8 Å². The minimum Gasteiger partial charge on any atom is -0.491 e. The van der Waals surface area contributed by atoms with Crippen molar-refractivity contribution in [1.29, 1.82) is 0 Å². The van der Waals surface area contributed by atoms with Gasteiger partial charge in [-0.05, 0) is 17.9 Å². The van der Waals surface area contributed by atoms with Gasteiger partial charge in [-0.15, -0.1) is 0 Å². The second kappa shape index (κ2) is 8.10. The minimum absolute atomic E-state index is 0.125. The van der Waals surface area contributed by atoms with Crippen molar-refractivity contribution in [3.8, 4) is 17.2 Å². The molecule has 0 saturated carbocycles. The first kappa shape index (κ1) is 20.0. The molecule has 8 nitrogen and oxygen atoms in total. The second-order valence-electron chi connectivity index (χ2n) is 6.43. The van der Waals surface area contributed by atoms with Gasteiger partial charge in [0, 0.05) is 6.20 Å². The van der Waals surface area contributed by atoms with Crippen LogP contribution in [0, 0.1) is 0 Å². The van der Waals surface area contributed by atoms with E-state index in [9.17, 15) is 0 Å². The first-order valence-electron chi connectivity index (χ1n) is 8.90. The molecule has 3 aromatic heterocycles. The molecule has 0 fully saturated rings.